The molecule has 2 unspecified atom stereocenters. The van der Waals surface area contributed by atoms with Gasteiger partial charge in [-0.15, -0.1) is 0 Å². The molecule has 4 heteroatoms. The molecule has 2 atom stereocenters. The van der Waals surface area contributed by atoms with Crippen molar-refractivity contribution in [1.29, 1.82) is 0 Å². The molecule has 0 amide bonds. The van der Waals surface area contributed by atoms with Gasteiger partial charge in [-0.05, 0) is 35.9 Å². The van der Waals surface area contributed by atoms with E-state index in [1.807, 2.05) is 6.92 Å². The van der Waals surface area contributed by atoms with E-state index in [4.69, 9.17) is 17.1 Å². The highest BCUT2D eigenvalue weighted by Gasteiger charge is 2.25. The van der Waals surface area contributed by atoms with Crippen LogP contribution in [0, 0.1) is 5.92 Å². The Labute approximate surface area is 100 Å². The summed E-state index contributed by atoms with van der Waals surface area (Å²) in [6.45, 7) is 1.94. The minimum absolute atomic E-state index is 0.0119. The van der Waals surface area contributed by atoms with Gasteiger partial charge in [0.1, 0.15) is 0 Å². The monoisotopic (exact) mass is 235 g/mol. The molecule has 0 fully saturated rings. The first-order chi connectivity index (χ1) is 7.72. The molecule has 16 heavy (non-hydrogen) atoms. The van der Waals surface area contributed by atoms with Crippen molar-refractivity contribution in [3.05, 3.63) is 44.8 Å². The number of hydrogen-bond donors (Lipinski definition) is 0. The zero-order valence-electron chi connectivity index (χ0n) is 9.23. The molecule has 0 saturated heterocycles. The van der Waals surface area contributed by atoms with E-state index in [9.17, 15) is 0 Å². The molecule has 0 saturated carbocycles. The second kappa shape index (κ2) is 4.77. The molecule has 0 aromatic carbocycles. The van der Waals surface area contributed by atoms with E-state index in [0.717, 1.165) is 24.3 Å². The van der Waals surface area contributed by atoms with Gasteiger partial charge in [0.05, 0.1) is 0 Å². The lowest BCUT2D eigenvalue weighted by atomic mass is 9.90. The zero-order chi connectivity index (χ0) is 11.5. The second-order valence-electron chi connectivity index (χ2n) is 4.28. The van der Waals surface area contributed by atoms with Gasteiger partial charge in [0.25, 0.3) is 0 Å². The molecule has 3 nitrogen and oxygen atoms in total. The first kappa shape index (κ1) is 11.3. The predicted molar refractivity (Wildman–Crippen MR) is 66.1 cm³/mol. The highest BCUT2D eigenvalue weighted by Crippen LogP contribution is 2.40. The molecule has 0 heterocycles. The Bertz CT molecular complexity index is 428. The van der Waals surface area contributed by atoms with Crippen LogP contribution in [-0.2, 0) is 0 Å². The van der Waals surface area contributed by atoms with Crippen molar-refractivity contribution in [2.24, 2.45) is 11.0 Å². The summed E-state index contributed by atoms with van der Waals surface area (Å²) in [6, 6.07) is 0.0119. The van der Waals surface area contributed by atoms with Crippen molar-refractivity contribution in [2.45, 2.75) is 32.2 Å². The van der Waals surface area contributed by atoms with E-state index in [-0.39, 0.29) is 6.04 Å². The van der Waals surface area contributed by atoms with Crippen LogP contribution in [-0.4, -0.2) is 6.04 Å². The van der Waals surface area contributed by atoms with E-state index >= 15 is 0 Å². The largest absolute Gasteiger partial charge is 0.0909 e. The van der Waals surface area contributed by atoms with Gasteiger partial charge in [-0.3, -0.25) is 0 Å². The highest BCUT2D eigenvalue weighted by molar-refractivity contribution is 6.32. The van der Waals surface area contributed by atoms with Gasteiger partial charge in [-0.25, -0.2) is 0 Å². The fourth-order valence-corrected chi connectivity index (χ4v) is 2.74. The van der Waals surface area contributed by atoms with E-state index < -0.39 is 0 Å². The first-order valence-electron chi connectivity index (χ1n) is 5.54. The number of hydrogen-bond acceptors (Lipinski definition) is 1. The lowest BCUT2D eigenvalue weighted by Gasteiger charge is -2.19. The van der Waals surface area contributed by atoms with Gasteiger partial charge in [0, 0.05) is 21.9 Å². The zero-order valence-corrected chi connectivity index (χ0v) is 9.98. The third kappa shape index (κ3) is 2.16. The number of azide groups is 1. The van der Waals surface area contributed by atoms with Crippen molar-refractivity contribution >= 4 is 11.6 Å². The van der Waals surface area contributed by atoms with E-state index in [1.54, 1.807) is 0 Å². The van der Waals surface area contributed by atoms with Crippen LogP contribution in [0.25, 0.3) is 10.4 Å². The van der Waals surface area contributed by atoms with Gasteiger partial charge in [0.2, 0.25) is 0 Å². The molecule has 0 radical (unpaired) electrons. The van der Waals surface area contributed by atoms with Gasteiger partial charge >= 0.3 is 0 Å². The van der Waals surface area contributed by atoms with Crippen LogP contribution in [0.2, 0.25) is 0 Å². The molecule has 2 aliphatic carbocycles. The normalized spacial score (nSPS) is 24.9. The Hall–Kier alpha value is -1.18. The number of allylic oxidation sites excluding steroid dienone is 6. The molecule has 0 aromatic rings. The van der Waals surface area contributed by atoms with Crippen LogP contribution in [0.5, 0.6) is 0 Å². The first-order valence-corrected chi connectivity index (χ1v) is 5.91. The van der Waals surface area contributed by atoms with E-state index in [1.165, 1.54) is 11.1 Å². The lowest BCUT2D eigenvalue weighted by Crippen LogP contribution is -2.09. The van der Waals surface area contributed by atoms with Crippen LogP contribution < -0.4 is 0 Å². The van der Waals surface area contributed by atoms with Crippen molar-refractivity contribution in [3.8, 4) is 0 Å². The summed E-state index contributed by atoms with van der Waals surface area (Å²) in [5.41, 5.74) is 11.0. The Kier molecular flexibility index (Phi) is 3.37. The lowest BCUT2D eigenvalue weighted by molar-refractivity contribution is 0.585. The summed E-state index contributed by atoms with van der Waals surface area (Å²) in [5.74, 6) is 0.319. The second-order valence-corrected chi connectivity index (χ2v) is 4.69. The Balaban J connectivity index is 2.14. The highest BCUT2D eigenvalue weighted by atomic mass is 35.5. The van der Waals surface area contributed by atoms with Gasteiger partial charge < -0.3 is 0 Å². The molecular formula is C12H14ClN3. The van der Waals surface area contributed by atoms with Crippen LogP contribution in [0.3, 0.4) is 0 Å². The summed E-state index contributed by atoms with van der Waals surface area (Å²) in [7, 11) is 0. The van der Waals surface area contributed by atoms with Gasteiger partial charge in [-0.1, -0.05) is 41.9 Å². The molecule has 84 valence electrons. The Morgan fingerprint density at radius 1 is 1.69 bits per heavy atom. The molecule has 0 bridgehead atoms. The average Bonchev–Trinajstić information content (AvgIpc) is 2.63. The smallest absolute Gasteiger partial charge is 0.0407 e. The number of rotatable bonds is 3. The van der Waals surface area contributed by atoms with E-state index in [0.29, 0.717) is 5.92 Å². The summed E-state index contributed by atoms with van der Waals surface area (Å²) < 4.78 is 0. The topological polar surface area (TPSA) is 48.8 Å². The predicted octanol–water partition coefficient (Wildman–Crippen LogP) is 4.47. The Morgan fingerprint density at radius 2 is 2.50 bits per heavy atom. The fourth-order valence-electron chi connectivity index (χ4n) is 2.37. The maximum absolute atomic E-state index is 8.39. The Morgan fingerprint density at radius 3 is 3.25 bits per heavy atom. The molecule has 2 rings (SSSR count). The summed E-state index contributed by atoms with van der Waals surface area (Å²) in [4.78, 5) is 2.84. The summed E-state index contributed by atoms with van der Waals surface area (Å²) in [5, 5.41) is 4.59. The standard InChI is InChI=1S/C12H14ClN3/c1-8(15-16-14)7-10-6-5-9-3-2-4-11(13)12(9)10/h4-6,8,10H,2-3,7H2,1H3. The van der Waals surface area contributed by atoms with Crippen LogP contribution in [0.15, 0.2) is 39.5 Å². The average molecular weight is 236 g/mol. The quantitative estimate of drug-likeness (QED) is 0.394. The summed E-state index contributed by atoms with van der Waals surface area (Å²) in [6.07, 6.45) is 9.37. The SMILES string of the molecule is CC(CC1C=CC2=C1C(Cl)=CCC2)N=[N+]=[N-]. The molecular weight excluding hydrogens is 222 g/mol. The molecule has 0 N–H and O–H groups in total. The molecule has 2 aliphatic rings. The molecule has 0 aliphatic heterocycles. The van der Waals surface area contributed by atoms with Crippen molar-refractivity contribution < 1.29 is 0 Å². The summed E-state index contributed by atoms with van der Waals surface area (Å²) >= 11 is 6.23. The van der Waals surface area contributed by atoms with Crippen molar-refractivity contribution in [3.63, 3.8) is 0 Å². The van der Waals surface area contributed by atoms with Gasteiger partial charge in [0.15, 0.2) is 0 Å². The van der Waals surface area contributed by atoms with Crippen LogP contribution >= 0.6 is 11.6 Å². The maximum atomic E-state index is 8.39. The molecule has 0 spiro atoms. The minimum Gasteiger partial charge on any atom is -0.0909 e. The van der Waals surface area contributed by atoms with Crippen molar-refractivity contribution in [2.75, 3.05) is 0 Å². The van der Waals surface area contributed by atoms with Crippen molar-refractivity contribution in [1.82, 2.24) is 0 Å². The molecule has 0 aromatic heterocycles. The van der Waals surface area contributed by atoms with Gasteiger partial charge in [-0.2, -0.15) is 0 Å². The third-order valence-corrected chi connectivity index (χ3v) is 3.44. The fraction of sp³-hybridized carbons (Fsp3) is 0.500. The number of nitrogens with zero attached hydrogens (tertiary/aromatic N) is 3. The van der Waals surface area contributed by atoms with E-state index in [2.05, 4.69) is 28.3 Å². The number of halogens is 1. The van der Waals surface area contributed by atoms with Crippen LogP contribution in [0.1, 0.15) is 26.2 Å². The van der Waals surface area contributed by atoms with Crippen LogP contribution in [0.4, 0.5) is 0 Å². The minimum atomic E-state index is 0.0119. The third-order valence-electron chi connectivity index (χ3n) is 3.08. The maximum Gasteiger partial charge on any atom is 0.0407 e.